The summed E-state index contributed by atoms with van der Waals surface area (Å²) in [7, 11) is 0. The first kappa shape index (κ1) is 12.9. The summed E-state index contributed by atoms with van der Waals surface area (Å²) in [5, 5.41) is 14.2. The fraction of sp³-hybridized carbons (Fsp3) is 0.778. The zero-order valence-corrected chi connectivity index (χ0v) is 9.49. The minimum atomic E-state index is -0.931. The molecule has 0 radical (unpaired) electrons. The van der Waals surface area contributed by atoms with Crippen molar-refractivity contribution in [2.24, 2.45) is 5.73 Å². The van der Waals surface area contributed by atoms with Gasteiger partial charge in [0.15, 0.2) is 0 Å². The van der Waals surface area contributed by atoms with E-state index >= 15 is 0 Å². The highest BCUT2D eigenvalue weighted by molar-refractivity contribution is 6.06. The van der Waals surface area contributed by atoms with Gasteiger partial charge < -0.3 is 21.5 Å². The number of urea groups is 1. The fourth-order valence-electron chi connectivity index (χ4n) is 1.46. The largest absolute Gasteiger partial charge is 0.377 e. The molecule has 0 aromatic heterocycles. The van der Waals surface area contributed by atoms with Crippen LogP contribution < -0.4 is 16.4 Å². The zero-order valence-electron chi connectivity index (χ0n) is 9.49. The third-order valence-corrected chi connectivity index (χ3v) is 2.31. The first-order chi connectivity index (χ1) is 7.34. The van der Waals surface area contributed by atoms with Gasteiger partial charge in [-0.1, -0.05) is 0 Å². The summed E-state index contributed by atoms with van der Waals surface area (Å²) >= 11 is 0. The van der Waals surface area contributed by atoms with E-state index in [0.717, 1.165) is 4.90 Å². The van der Waals surface area contributed by atoms with Crippen LogP contribution >= 0.6 is 0 Å². The fourth-order valence-corrected chi connectivity index (χ4v) is 1.46. The van der Waals surface area contributed by atoms with Gasteiger partial charge in [0.05, 0.1) is 0 Å². The van der Waals surface area contributed by atoms with Crippen molar-refractivity contribution in [3.05, 3.63) is 0 Å². The van der Waals surface area contributed by atoms with Crippen molar-refractivity contribution < 1.29 is 14.7 Å². The molecule has 1 unspecified atom stereocenters. The summed E-state index contributed by atoms with van der Waals surface area (Å²) in [5.74, 6) is -0.243. The maximum absolute atomic E-state index is 11.7. The number of nitrogens with two attached hydrogens (primary N) is 1. The van der Waals surface area contributed by atoms with Crippen molar-refractivity contribution >= 4 is 11.9 Å². The van der Waals surface area contributed by atoms with Gasteiger partial charge in [-0.05, 0) is 13.8 Å². The molecule has 5 N–H and O–H groups in total. The molecule has 92 valence electrons. The molecule has 0 bridgehead atoms. The smallest absolute Gasteiger partial charge is 0.325 e. The minimum absolute atomic E-state index is 0.229. The van der Waals surface area contributed by atoms with E-state index in [2.05, 4.69) is 10.6 Å². The Labute approximate surface area is 94.0 Å². The van der Waals surface area contributed by atoms with Crippen LogP contribution in [0.15, 0.2) is 0 Å². The number of hydrogen-bond donors (Lipinski definition) is 4. The van der Waals surface area contributed by atoms with Crippen LogP contribution in [0, 0.1) is 0 Å². The number of nitrogens with zero attached hydrogens (tertiary/aromatic N) is 1. The average Bonchev–Trinajstić information content (AvgIpc) is 2.33. The molecule has 3 amide bonds. The lowest BCUT2D eigenvalue weighted by molar-refractivity contribution is -0.130. The van der Waals surface area contributed by atoms with Crippen LogP contribution in [0.2, 0.25) is 0 Å². The maximum atomic E-state index is 11.7. The van der Waals surface area contributed by atoms with E-state index in [9.17, 15) is 9.59 Å². The van der Waals surface area contributed by atoms with E-state index in [-0.39, 0.29) is 25.0 Å². The van der Waals surface area contributed by atoms with Crippen LogP contribution in [-0.4, -0.2) is 53.3 Å². The standard InChI is InChI=1S/C9H18N4O3/c1-9(2)7(15)13(8(16)12-9)4-3-11-5-6(10)14/h6,11,14H,3-5,10H2,1-2H3,(H,12,16). The lowest BCUT2D eigenvalue weighted by Gasteiger charge is -2.16. The third-order valence-electron chi connectivity index (χ3n) is 2.31. The van der Waals surface area contributed by atoms with Gasteiger partial charge in [-0.15, -0.1) is 0 Å². The number of aliphatic hydroxyl groups excluding tert-OH is 1. The van der Waals surface area contributed by atoms with Gasteiger partial charge in [0.1, 0.15) is 11.8 Å². The highest BCUT2D eigenvalue weighted by atomic mass is 16.3. The molecule has 1 rings (SSSR count). The molecule has 16 heavy (non-hydrogen) atoms. The Bertz CT molecular complexity index is 290. The average molecular weight is 230 g/mol. The molecular weight excluding hydrogens is 212 g/mol. The Morgan fingerprint density at radius 2 is 2.19 bits per heavy atom. The van der Waals surface area contributed by atoms with E-state index in [1.54, 1.807) is 13.8 Å². The predicted molar refractivity (Wildman–Crippen MR) is 57.4 cm³/mol. The number of carbonyl (C=O) groups is 2. The Balaban J connectivity index is 2.38. The van der Waals surface area contributed by atoms with Crippen LogP contribution in [-0.2, 0) is 4.79 Å². The van der Waals surface area contributed by atoms with Gasteiger partial charge in [0, 0.05) is 19.6 Å². The molecule has 0 aliphatic carbocycles. The summed E-state index contributed by atoms with van der Waals surface area (Å²) in [4.78, 5) is 24.3. The third kappa shape index (κ3) is 2.91. The summed E-state index contributed by atoms with van der Waals surface area (Å²) in [6.07, 6.45) is -0.931. The quantitative estimate of drug-likeness (QED) is 0.253. The number of aliphatic hydroxyl groups is 1. The molecule has 0 aromatic rings. The normalized spacial score (nSPS) is 21.1. The summed E-state index contributed by atoms with van der Waals surface area (Å²) in [6, 6.07) is -0.384. The lowest BCUT2D eigenvalue weighted by atomic mass is 10.1. The second-order valence-electron chi connectivity index (χ2n) is 4.28. The summed E-state index contributed by atoms with van der Waals surface area (Å²) in [6.45, 7) is 4.21. The van der Waals surface area contributed by atoms with E-state index in [1.165, 1.54) is 0 Å². The van der Waals surface area contributed by atoms with Crippen LogP contribution in [0.1, 0.15) is 13.8 Å². The monoisotopic (exact) mass is 230 g/mol. The van der Waals surface area contributed by atoms with Gasteiger partial charge >= 0.3 is 6.03 Å². The van der Waals surface area contributed by atoms with E-state index in [0.29, 0.717) is 6.54 Å². The second-order valence-corrected chi connectivity index (χ2v) is 4.28. The predicted octanol–water partition coefficient (Wildman–Crippen LogP) is -1.82. The number of imide groups is 1. The van der Waals surface area contributed by atoms with Gasteiger partial charge in [0.25, 0.3) is 5.91 Å². The summed E-state index contributed by atoms with van der Waals surface area (Å²) < 4.78 is 0. The van der Waals surface area contributed by atoms with Crippen molar-refractivity contribution in [1.29, 1.82) is 0 Å². The van der Waals surface area contributed by atoms with Gasteiger partial charge in [-0.2, -0.15) is 0 Å². The molecule has 0 saturated carbocycles. The van der Waals surface area contributed by atoms with E-state index in [4.69, 9.17) is 10.8 Å². The number of nitrogens with one attached hydrogen (secondary N) is 2. The molecule has 1 aliphatic rings. The van der Waals surface area contributed by atoms with Crippen LogP contribution in [0.25, 0.3) is 0 Å². The van der Waals surface area contributed by atoms with Crippen molar-refractivity contribution in [1.82, 2.24) is 15.5 Å². The molecule has 1 atom stereocenters. The van der Waals surface area contributed by atoms with Crippen LogP contribution in [0.5, 0.6) is 0 Å². The Hall–Kier alpha value is -1.18. The molecule has 0 spiro atoms. The van der Waals surface area contributed by atoms with Crippen molar-refractivity contribution in [3.63, 3.8) is 0 Å². The Morgan fingerprint density at radius 3 is 2.62 bits per heavy atom. The topological polar surface area (TPSA) is 108 Å². The maximum Gasteiger partial charge on any atom is 0.325 e. The second kappa shape index (κ2) is 4.77. The molecule has 0 aromatic carbocycles. The molecule has 7 heteroatoms. The zero-order chi connectivity index (χ0) is 12.3. The van der Waals surface area contributed by atoms with Crippen LogP contribution in [0.4, 0.5) is 4.79 Å². The van der Waals surface area contributed by atoms with E-state index < -0.39 is 11.8 Å². The van der Waals surface area contributed by atoms with Gasteiger partial charge in [0.2, 0.25) is 0 Å². The van der Waals surface area contributed by atoms with Crippen molar-refractivity contribution in [3.8, 4) is 0 Å². The molecular formula is C9H18N4O3. The number of rotatable bonds is 5. The SMILES string of the molecule is CC1(C)NC(=O)N(CCNCC(N)O)C1=O. The Morgan fingerprint density at radius 1 is 1.56 bits per heavy atom. The highest BCUT2D eigenvalue weighted by Gasteiger charge is 2.43. The number of hydrogen-bond acceptors (Lipinski definition) is 5. The molecule has 1 saturated heterocycles. The molecule has 1 aliphatic heterocycles. The van der Waals surface area contributed by atoms with E-state index in [1.807, 2.05) is 0 Å². The van der Waals surface area contributed by atoms with Gasteiger partial charge in [-0.25, -0.2) is 4.79 Å². The van der Waals surface area contributed by atoms with Crippen molar-refractivity contribution in [2.45, 2.75) is 25.6 Å². The molecule has 7 nitrogen and oxygen atoms in total. The minimum Gasteiger partial charge on any atom is -0.377 e. The first-order valence-electron chi connectivity index (χ1n) is 5.13. The van der Waals surface area contributed by atoms with Crippen molar-refractivity contribution in [2.75, 3.05) is 19.6 Å². The van der Waals surface area contributed by atoms with Gasteiger partial charge in [-0.3, -0.25) is 9.69 Å². The lowest BCUT2D eigenvalue weighted by Crippen LogP contribution is -2.42. The molecule has 1 fully saturated rings. The molecule has 1 heterocycles. The highest BCUT2D eigenvalue weighted by Crippen LogP contribution is 2.15. The number of carbonyl (C=O) groups excluding carboxylic acids is 2. The number of amides is 3. The summed E-state index contributed by atoms with van der Waals surface area (Å²) in [5.41, 5.74) is 4.29. The first-order valence-corrected chi connectivity index (χ1v) is 5.13. The van der Waals surface area contributed by atoms with Crippen LogP contribution in [0.3, 0.4) is 0 Å². The Kier molecular flexibility index (Phi) is 3.84.